The van der Waals surface area contributed by atoms with Gasteiger partial charge in [-0.15, -0.1) is 11.8 Å². The lowest BCUT2D eigenvalue weighted by Crippen LogP contribution is -2.32. The highest BCUT2D eigenvalue weighted by Crippen LogP contribution is 2.38. The average molecular weight is 364 g/mol. The van der Waals surface area contributed by atoms with Crippen LogP contribution in [0.15, 0.2) is 23.1 Å². The van der Waals surface area contributed by atoms with Crippen LogP contribution < -0.4 is 0 Å². The van der Waals surface area contributed by atoms with Gasteiger partial charge in [-0.3, -0.25) is 9.36 Å². The fraction of sp³-hybridized carbons (Fsp3) is 0.353. The van der Waals surface area contributed by atoms with E-state index in [0.29, 0.717) is 17.3 Å². The minimum absolute atomic E-state index is 0.208. The Balaban J connectivity index is 2.06. The third-order valence-corrected chi connectivity index (χ3v) is 5.05. The number of ether oxygens (including phenoxy) is 1. The average Bonchev–Trinajstić information content (AvgIpc) is 2.88. The highest BCUT2D eigenvalue weighted by atomic mass is 32.2. The topological polar surface area (TPSA) is 81.4 Å². The Morgan fingerprint density at radius 3 is 2.76 bits per heavy atom. The molecule has 1 aromatic carbocycles. The summed E-state index contributed by atoms with van der Waals surface area (Å²) in [5, 5.41) is 8.89. The number of nitrogens with zero attached hydrogens (tertiary/aromatic N) is 2. The lowest BCUT2D eigenvalue weighted by Gasteiger charge is -2.21. The molecule has 1 aliphatic heterocycles. The number of rotatable bonds is 4. The number of ketones is 1. The summed E-state index contributed by atoms with van der Waals surface area (Å²) in [7, 11) is 0. The molecule has 25 heavy (non-hydrogen) atoms. The number of thioether (sulfide) groups is 1. The number of halogens is 1. The molecule has 0 aliphatic carbocycles. The lowest BCUT2D eigenvalue weighted by molar-refractivity contribution is 0.0283. The summed E-state index contributed by atoms with van der Waals surface area (Å²) in [5.74, 6) is -0.0712. The van der Waals surface area contributed by atoms with Crippen molar-refractivity contribution in [3.8, 4) is 5.69 Å². The number of Topliss-reactive ketones (excluding diaryl/α,β-unsaturated/α-hetero) is 1. The molecule has 0 fully saturated rings. The molecular formula is C17H17FN2O4S. The predicted octanol–water partition coefficient (Wildman–Crippen LogP) is 3.83. The molecule has 132 valence electrons. The molecule has 8 heteroatoms. The number of carbonyl (C=O) groups is 2. The van der Waals surface area contributed by atoms with Gasteiger partial charge in [0.2, 0.25) is 5.78 Å². The molecule has 2 aromatic rings. The second kappa shape index (κ2) is 6.51. The number of fused-ring (bicyclic) bond motifs is 3. The molecule has 2 heterocycles. The highest BCUT2D eigenvalue weighted by Gasteiger charge is 2.34. The van der Waals surface area contributed by atoms with E-state index in [1.54, 1.807) is 26.8 Å². The third-order valence-electron chi connectivity index (χ3n) is 3.99. The number of aryl methyl sites for hydroxylation is 1. The Morgan fingerprint density at radius 2 is 2.12 bits per heavy atom. The van der Waals surface area contributed by atoms with Crippen molar-refractivity contribution >= 4 is 23.7 Å². The fourth-order valence-electron chi connectivity index (χ4n) is 2.90. The van der Waals surface area contributed by atoms with Crippen LogP contribution >= 0.6 is 11.8 Å². The van der Waals surface area contributed by atoms with Crippen molar-refractivity contribution in [1.29, 1.82) is 0 Å². The zero-order valence-electron chi connectivity index (χ0n) is 13.9. The Bertz CT molecular complexity index is 863. The summed E-state index contributed by atoms with van der Waals surface area (Å²) in [4.78, 5) is 28.9. The van der Waals surface area contributed by atoms with Gasteiger partial charge >= 0.3 is 6.16 Å². The molecule has 0 saturated heterocycles. The van der Waals surface area contributed by atoms with Crippen LogP contribution in [0.1, 0.15) is 35.9 Å². The number of imidazole rings is 1. The molecule has 0 saturated carbocycles. The van der Waals surface area contributed by atoms with Crippen LogP contribution in [0.3, 0.4) is 0 Å². The molecule has 0 bridgehead atoms. The third kappa shape index (κ3) is 3.13. The standard InChI is InChI=1S/C17H17FN2O4S/c1-8(2)16(24-17(22)23)15(21)14-12-7-25-13-6-10(18)4-5-11(13)20(12)9(3)19-14/h4-6,8,16H,7H2,1-3H3,(H,22,23). The Hall–Kier alpha value is -2.35. The summed E-state index contributed by atoms with van der Waals surface area (Å²) < 4.78 is 20.0. The minimum Gasteiger partial charge on any atom is -0.450 e. The second-order valence-electron chi connectivity index (χ2n) is 6.10. The van der Waals surface area contributed by atoms with Gasteiger partial charge in [0.15, 0.2) is 6.10 Å². The van der Waals surface area contributed by atoms with E-state index in [0.717, 1.165) is 10.6 Å². The van der Waals surface area contributed by atoms with Gasteiger partial charge in [-0.2, -0.15) is 0 Å². The molecule has 1 aromatic heterocycles. The van der Waals surface area contributed by atoms with Crippen molar-refractivity contribution < 1.29 is 23.8 Å². The van der Waals surface area contributed by atoms with Crippen molar-refractivity contribution in [3.63, 3.8) is 0 Å². The summed E-state index contributed by atoms with van der Waals surface area (Å²) in [6.07, 6.45) is -2.61. The molecule has 0 spiro atoms. The zero-order chi connectivity index (χ0) is 18.3. The molecule has 1 atom stereocenters. The van der Waals surface area contributed by atoms with E-state index >= 15 is 0 Å². The maximum atomic E-state index is 13.5. The van der Waals surface area contributed by atoms with Crippen LogP contribution in [-0.2, 0) is 10.5 Å². The number of hydrogen-bond acceptors (Lipinski definition) is 5. The van der Waals surface area contributed by atoms with Gasteiger partial charge < -0.3 is 9.84 Å². The van der Waals surface area contributed by atoms with Crippen LogP contribution in [0.5, 0.6) is 0 Å². The van der Waals surface area contributed by atoms with Crippen LogP contribution in [-0.4, -0.2) is 32.7 Å². The van der Waals surface area contributed by atoms with E-state index in [1.807, 2.05) is 4.57 Å². The van der Waals surface area contributed by atoms with Crippen LogP contribution in [0, 0.1) is 18.7 Å². The number of hydrogen-bond donors (Lipinski definition) is 1. The molecule has 1 aliphatic rings. The Labute approximate surface area is 148 Å². The van der Waals surface area contributed by atoms with E-state index in [4.69, 9.17) is 9.84 Å². The van der Waals surface area contributed by atoms with Gasteiger partial charge in [0.1, 0.15) is 17.3 Å². The molecule has 3 rings (SSSR count). The molecule has 6 nitrogen and oxygen atoms in total. The molecule has 0 amide bonds. The molecule has 0 radical (unpaired) electrons. The van der Waals surface area contributed by atoms with Crippen molar-refractivity contribution in [3.05, 3.63) is 41.2 Å². The number of carbonyl (C=O) groups excluding carboxylic acids is 1. The highest BCUT2D eigenvalue weighted by molar-refractivity contribution is 7.98. The molecule has 1 unspecified atom stereocenters. The first-order valence-corrected chi connectivity index (χ1v) is 8.73. The van der Waals surface area contributed by atoms with E-state index in [1.165, 1.54) is 23.9 Å². The zero-order valence-corrected chi connectivity index (χ0v) is 14.8. The van der Waals surface area contributed by atoms with E-state index < -0.39 is 18.0 Å². The van der Waals surface area contributed by atoms with Gasteiger partial charge in [-0.05, 0) is 31.0 Å². The normalized spacial score (nSPS) is 14.0. The van der Waals surface area contributed by atoms with Crippen LogP contribution in [0.4, 0.5) is 9.18 Å². The Kier molecular flexibility index (Phi) is 4.55. The van der Waals surface area contributed by atoms with E-state index in [-0.39, 0.29) is 17.4 Å². The van der Waals surface area contributed by atoms with Crippen molar-refractivity contribution in [2.24, 2.45) is 5.92 Å². The summed E-state index contributed by atoms with van der Waals surface area (Å²) in [6.45, 7) is 5.19. The lowest BCUT2D eigenvalue weighted by atomic mass is 10.00. The van der Waals surface area contributed by atoms with Crippen LogP contribution in [0.25, 0.3) is 5.69 Å². The first-order chi connectivity index (χ1) is 11.8. The number of aromatic nitrogens is 2. The monoisotopic (exact) mass is 364 g/mol. The van der Waals surface area contributed by atoms with Gasteiger partial charge in [-0.25, -0.2) is 14.2 Å². The fourth-order valence-corrected chi connectivity index (χ4v) is 3.96. The largest absolute Gasteiger partial charge is 0.506 e. The number of benzene rings is 1. The summed E-state index contributed by atoms with van der Waals surface area (Å²) in [6, 6.07) is 4.46. The van der Waals surface area contributed by atoms with Gasteiger partial charge in [-0.1, -0.05) is 13.8 Å². The van der Waals surface area contributed by atoms with Gasteiger partial charge in [0, 0.05) is 10.6 Å². The SMILES string of the molecule is Cc1nc(C(=O)C(OC(=O)O)C(C)C)c2n1-c1ccc(F)cc1SC2. The summed E-state index contributed by atoms with van der Waals surface area (Å²) >= 11 is 1.41. The molecular weight excluding hydrogens is 347 g/mol. The minimum atomic E-state index is -1.49. The first kappa shape index (κ1) is 17.5. The maximum absolute atomic E-state index is 13.5. The quantitative estimate of drug-likeness (QED) is 0.656. The predicted molar refractivity (Wildman–Crippen MR) is 89.9 cm³/mol. The maximum Gasteiger partial charge on any atom is 0.506 e. The Morgan fingerprint density at radius 1 is 1.40 bits per heavy atom. The van der Waals surface area contributed by atoms with Crippen molar-refractivity contribution in [1.82, 2.24) is 9.55 Å². The summed E-state index contributed by atoms with van der Waals surface area (Å²) in [5.41, 5.74) is 1.64. The smallest absolute Gasteiger partial charge is 0.450 e. The molecule has 1 N–H and O–H groups in total. The van der Waals surface area contributed by atoms with Gasteiger partial charge in [0.05, 0.1) is 11.4 Å². The number of carboxylic acid groups (broad SMARTS) is 1. The van der Waals surface area contributed by atoms with E-state index in [9.17, 15) is 14.0 Å². The van der Waals surface area contributed by atoms with Crippen molar-refractivity contribution in [2.45, 2.75) is 37.5 Å². The van der Waals surface area contributed by atoms with E-state index in [2.05, 4.69) is 4.98 Å². The first-order valence-electron chi connectivity index (χ1n) is 7.74. The van der Waals surface area contributed by atoms with Crippen molar-refractivity contribution in [2.75, 3.05) is 0 Å². The van der Waals surface area contributed by atoms with Crippen LogP contribution in [0.2, 0.25) is 0 Å². The second-order valence-corrected chi connectivity index (χ2v) is 7.12. The van der Waals surface area contributed by atoms with Gasteiger partial charge in [0.25, 0.3) is 0 Å².